The fraction of sp³-hybridized carbons (Fsp3) is 0.857. The lowest BCUT2D eigenvalue weighted by atomic mass is 10.1. The van der Waals surface area contributed by atoms with E-state index in [1.54, 1.807) is 0 Å². The Morgan fingerprint density at radius 3 is 2.05 bits per heavy atom. The van der Waals surface area contributed by atoms with Gasteiger partial charge >= 0.3 is 6.01 Å². The van der Waals surface area contributed by atoms with Crippen molar-refractivity contribution >= 4 is 6.01 Å². The maximum absolute atomic E-state index is 5.74. The van der Waals surface area contributed by atoms with Gasteiger partial charge in [-0.25, -0.2) is 0 Å². The van der Waals surface area contributed by atoms with E-state index < -0.39 is 0 Å². The maximum atomic E-state index is 5.74. The molecule has 0 aromatic carbocycles. The topological polar surface area (TPSA) is 54.2 Å². The minimum Gasteiger partial charge on any atom is -0.407 e. The lowest BCUT2D eigenvalue weighted by Crippen LogP contribution is -2.31. The number of hydrogen-bond acceptors (Lipinski definition) is 5. The van der Waals surface area contributed by atoms with Crippen molar-refractivity contribution in [2.24, 2.45) is 11.8 Å². The molecule has 0 bridgehead atoms. The average Bonchev–Trinajstić information content (AvgIpc) is 2.72. The summed E-state index contributed by atoms with van der Waals surface area (Å²) in [6.45, 7) is 15.5. The third kappa shape index (κ3) is 6.05. The third-order valence-electron chi connectivity index (χ3n) is 2.56. The molecule has 0 saturated heterocycles. The molecule has 0 radical (unpaired) electrons. The highest BCUT2D eigenvalue weighted by Crippen LogP contribution is 2.16. The van der Waals surface area contributed by atoms with Crippen molar-refractivity contribution in [1.82, 2.24) is 15.5 Å². The first-order chi connectivity index (χ1) is 8.88. The van der Waals surface area contributed by atoms with Crippen LogP contribution >= 0.6 is 0 Å². The van der Waals surface area contributed by atoms with Crippen LogP contribution in [0, 0.1) is 11.8 Å². The number of hydrogen-bond donors (Lipinski definition) is 1. The van der Waals surface area contributed by atoms with Crippen molar-refractivity contribution in [3.05, 3.63) is 5.89 Å². The van der Waals surface area contributed by atoms with E-state index in [1.165, 1.54) is 0 Å². The van der Waals surface area contributed by atoms with Crippen molar-refractivity contribution < 1.29 is 4.42 Å². The van der Waals surface area contributed by atoms with Crippen LogP contribution in [0.2, 0.25) is 0 Å². The molecule has 0 saturated carbocycles. The lowest BCUT2D eigenvalue weighted by molar-refractivity contribution is 0.431. The lowest BCUT2D eigenvalue weighted by Gasteiger charge is -2.23. The zero-order valence-corrected chi connectivity index (χ0v) is 13.1. The summed E-state index contributed by atoms with van der Waals surface area (Å²) < 4.78 is 5.74. The molecule has 19 heavy (non-hydrogen) atoms. The molecule has 1 aromatic heterocycles. The Morgan fingerprint density at radius 2 is 1.58 bits per heavy atom. The highest BCUT2D eigenvalue weighted by atomic mass is 16.4. The molecule has 5 nitrogen and oxygen atoms in total. The van der Waals surface area contributed by atoms with Crippen LogP contribution in [0.25, 0.3) is 0 Å². The molecule has 0 aliphatic carbocycles. The Hall–Kier alpha value is -1.10. The van der Waals surface area contributed by atoms with Gasteiger partial charge in [-0.2, -0.15) is 0 Å². The van der Waals surface area contributed by atoms with E-state index in [-0.39, 0.29) is 0 Å². The summed E-state index contributed by atoms with van der Waals surface area (Å²) in [6, 6.07) is 1.06. The van der Waals surface area contributed by atoms with Crippen molar-refractivity contribution in [3.8, 4) is 0 Å². The van der Waals surface area contributed by atoms with Crippen LogP contribution in [0.1, 0.15) is 47.4 Å². The Morgan fingerprint density at radius 1 is 1.00 bits per heavy atom. The van der Waals surface area contributed by atoms with Gasteiger partial charge in [0.25, 0.3) is 0 Å². The number of anilines is 1. The SMILES string of the molecule is CC(C)CN(CC(C)C)c1nnc(CNC(C)C)o1. The van der Waals surface area contributed by atoms with E-state index in [9.17, 15) is 0 Å². The molecular formula is C14H28N4O. The molecule has 0 unspecified atom stereocenters. The summed E-state index contributed by atoms with van der Waals surface area (Å²) in [5.74, 6) is 1.80. The van der Waals surface area contributed by atoms with Gasteiger partial charge in [0.15, 0.2) is 0 Å². The normalized spacial score (nSPS) is 11.8. The van der Waals surface area contributed by atoms with Gasteiger partial charge in [-0.3, -0.25) is 0 Å². The van der Waals surface area contributed by atoms with E-state index in [1.807, 2.05) is 0 Å². The minimum absolute atomic E-state index is 0.415. The number of aromatic nitrogens is 2. The van der Waals surface area contributed by atoms with Crippen LogP contribution < -0.4 is 10.2 Å². The number of rotatable bonds is 8. The van der Waals surface area contributed by atoms with Crippen molar-refractivity contribution in [1.29, 1.82) is 0 Å². The molecule has 5 heteroatoms. The van der Waals surface area contributed by atoms with Gasteiger partial charge in [0.2, 0.25) is 5.89 Å². The molecule has 1 heterocycles. The van der Waals surface area contributed by atoms with E-state index in [0.717, 1.165) is 13.1 Å². The first kappa shape index (κ1) is 16.0. The van der Waals surface area contributed by atoms with Gasteiger partial charge in [-0.15, -0.1) is 5.10 Å². The fourth-order valence-corrected chi connectivity index (χ4v) is 1.85. The summed E-state index contributed by atoms with van der Waals surface area (Å²) in [5, 5.41) is 11.6. The van der Waals surface area contributed by atoms with E-state index in [4.69, 9.17) is 4.42 Å². The first-order valence-corrected chi connectivity index (χ1v) is 7.19. The van der Waals surface area contributed by atoms with Crippen LogP contribution in [-0.2, 0) is 6.54 Å². The highest BCUT2D eigenvalue weighted by Gasteiger charge is 2.16. The van der Waals surface area contributed by atoms with Crippen molar-refractivity contribution in [2.45, 2.75) is 54.1 Å². The minimum atomic E-state index is 0.415. The molecule has 0 fully saturated rings. The summed E-state index contributed by atoms with van der Waals surface area (Å²) in [6.07, 6.45) is 0. The van der Waals surface area contributed by atoms with Gasteiger partial charge in [0.05, 0.1) is 6.54 Å². The Labute approximate surface area is 116 Å². The molecule has 0 spiro atoms. The zero-order chi connectivity index (χ0) is 14.4. The first-order valence-electron chi connectivity index (χ1n) is 7.19. The van der Waals surface area contributed by atoms with E-state index >= 15 is 0 Å². The largest absolute Gasteiger partial charge is 0.407 e. The van der Waals surface area contributed by atoms with Crippen LogP contribution in [-0.4, -0.2) is 29.3 Å². The second kappa shape index (κ2) is 7.48. The van der Waals surface area contributed by atoms with E-state index in [2.05, 4.69) is 62.0 Å². The van der Waals surface area contributed by atoms with Gasteiger partial charge in [0.1, 0.15) is 0 Å². The predicted octanol–water partition coefficient (Wildman–Crippen LogP) is 2.69. The Kier molecular flexibility index (Phi) is 6.28. The molecule has 1 rings (SSSR count). The Bertz CT molecular complexity index is 350. The standard InChI is InChI=1S/C14H28N4O/c1-10(2)8-18(9-11(3)4)14-17-16-13(19-14)7-15-12(5)6/h10-12,15H,7-9H2,1-6H3. The van der Waals surface area contributed by atoms with Gasteiger partial charge in [-0.1, -0.05) is 46.6 Å². The predicted molar refractivity (Wildman–Crippen MR) is 78.2 cm³/mol. The smallest absolute Gasteiger partial charge is 0.318 e. The molecule has 1 N–H and O–H groups in total. The average molecular weight is 268 g/mol. The second-order valence-electron chi connectivity index (χ2n) is 6.21. The second-order valence-corrected chi connectivity index (χ2v) is 6.21. The van der Waals surface area contributed by atoms with Crippen molar-refractivity contribution in [3.63, 3.8) is 0 Å². The van der Waals surface area contributed by atoms with Gasteiger partial charge in [-0.05, 0) is 11.8 Å². The molecule has 0 aliphatic rings. The molecule has 1 aromatic rings. The summed E-state index contributed by atoms with van der Waals surface area (Å²) in [7, 11) is 0. The number of nitrogens with one attached hydrogen (secondary N) is 1. The van der Waals surface area contributed by atoms with Gasteiger partial charge in [0, 0.05) is 19.1 Å². The van der Waals surface area contributed by atoms with E-state index in [0.29, 0.717) is 36.3 Å². The maximum Gasteiger partial charge on any atom is 0.318 e. The molecule has 0 atom stereocenters. The molecule has 0 amide bonds. The summed E-state index contributed by atoms with van der Waals surface area (Å²) in [4.78, 5) is 2.18. The molecular weight excluding hydrogens is 240 g/mol. The van der Waals surface area contributed by atoms with Crippen LogP contribution in [0.15, 0.2) is 4.42 Å². The zero-order valence-electron chi connectivity index (χ0n) is 13.1. The highest BCUT2D eigenvalue weighted by molar-refractivity contribution is 5.24. The fourth-order valence-electron chi connectivity index (χ4n) is 1.85. The quantitative estimate of drug-likeness (QED) is 0.785. The van der Waals surface area contributed by atoms with Crippen molar-refractivity contribution in [2.75, 3.05) is 18.0 Å². The molecule has 110 valence electrons. The van der Waals surface area contributed by atoms with Crippen LogP contribution in [0.4, 0.5) is 6.01 Å². The van der Waals surface area contributed by atoms with Crippen LogP contribution in [0.5, 0.6) is 0 Å². The third-order valence-corrected chi connectivity index (χ3v) is 2.56. The Balaban J connectivity index is 2.67. The summed E-state index contributed by atoms with van der Waals surface area (Å²) in [5.41, 5.74) is 0. The molecule has 0 aliphatic heterocycles. The monoisotopic (exact) mass is 268 g/mol. The van der Waals surface area contributed by atoms with Crippen LogP contribution in [0.3, 0.4) is 0 Å². The van der Waals surface area contributed by atoms with Gasteiger partial charge < -0.3 is 14.6 Å². The number of nitrogens with zero attached hydrogens (tertiary/aromatic N) is 3. The summed E-state index contributed by atoms with van der Waals surface area (Å²) >= 11 is 0.